The number of hydrogen-bond acceptors (Lipinski definition) is 2. The van der Waals surface area contributed by atoms with E-state index in [0.717, 1.165) is 30.0 Å². The second-order valence-electron chi connectivity index (χ2n) is 8.43. The fourth-order valence-electron chi connectivity index (χ4n) is 4.11. The molecule has 1 aliphatic heterocycles. The van der Waals surface area contributed by atoms with Gasteiger partial charge in [-0.1, -0.05) is 49.7 Å². The normalized spacial score (nSPS) is 16.9. The number of rotatable bonds is 7. The highest BCUT2D eigenvalue weighted by atomic mass is 35.5. The van der Waals surface area contributed by atoms with Gasteiger partial charge in [0.2, 0.25) is 5.91 Å². The fourth-order valence-corrected chi connectivity index (χ4v) is 4.24. The second-order valence-corrected chi connectivity index (χ2v) is 8.86. The lowest BCUT2D eigenvalue weighted by Gasteiger charge is -2.36. The van der Waals surface area contributed by atoms with Crippen LogP contribution in [0.1, 0.15) is 49.8 Å². The van der Waals surface area contributed by atoms with Gasteiger partial charge in [-0.2, -0.15) is 0 Å². The molecule has 0 saturated carbocycles. The number of nitrogens with zero attached hydrogens (tertiary/aromatic N) is 1. The van der Waals surface area contributed by atoms with Crippen LogP contribution in [0.2, 0.25) is 5.02 Å². The number of halogens is 3. The first-order valence-corrected chi connectivity index (χ1v) is 11.1. The molecule has 0 aromatic heterocycles. The average molecular weight is 447 g/mol. The molecule has 1 heterocycles. The number of amides is 1. The summed E-state index contributed by atoms with van der Waals surface area (Å²) in [5, 5.41) is 4.02. The third-order valence-corrected chi connectivity index (χ3v) is 6.23. The van der Waals surface area contributed by atoms with Gasteiger partial charge >= 0.3 is 0 Å². The van der Waals surface area contributed by atoms with Crippen LogP contribution in [0.15, 0.2) is 55.1 Å². The van der Waals surface area contributed by atoms with E-state index in [1.807, 2.05) is 30.9 Å². The lowest BCUT2D eigenvalue weighted by Crippen LogP contribution is -2.51. The molecule has 2 aromatic carbocycles. The number of benzene rings is 2. The predicted molar refractivity (Wildman–Crippen MR) is 121 cm³/mol. The van der Waals surface area contributed by atoms with E-state index in [2.05, 4.69) is 24.0 Å². The van der Waals surface area contributed by atoms with Gasteiger partial charge in [0.25, 0.3) is 0 Å². The van der Waals surface area contributed by atoms with Crippen molar-refractivity contribution in [2.75, 3.05) is 13.1 Å². The van der Waals surface area contributed by atoms with Crippen molar-refractivity contribution in [3.63, 3.8) is 0 Å². The summed E-state index contributed by atoms with van der Waals surface area (Å²) in [6, 6.07) is 10.8. The maximum atomic E-state index is 13.7. The summed E-state index contributed by atoms with van der Waals surface area (Å²) in [5.41, 5.74) is 1.79. The molecule has 0 spiro atoms. The van der Waals surface area contributed by atoms with Gasteiger partial charge in [0.05, 0.1) is 12.1 Å². The van der Waals surface area contributed by atoms with E-state index in [0.29, 0.717) is 24.6 Å². The second kappa shape index (κ2) is 10.4. The van der Waals surface area contributed by atoms with Crippen molar-refractivity contribution < 1.29 is 13.6 Å². The van der Waals surface area contributed by atoms with E-state index in [1.54, 1.807) is 6.08 Å². The predicted octanol–water partition coefficient (Wildman–Crippen LogP) is 5.87. The van der Waals surface area contributed by atoms with Gasteiger partial charge < -0.3 is 4.90 Å². The molecule has 2 unspecified atom stereocenters. The molecule has 3 rings (SSSR count). The Hall–Kier alpha value is -2.24. The summed E-state index contributed by atoms with van der Waals surface area (Å²) in [4.78, 5) is 15.2. The van der Waals surface area contributed by atoms with E-state index >= 15 is 0 Å². The number of hydrogen-bond donors (Lipinski definition) is 1. The van der Waals surface area contributed by atoms with Crippen LogP contribution >= 0.6 is 11.6 Å². The van der Waals surface area contributed by atoms with E-state index < -0.39 is 23.7 Å². The first-order chi connectivity index (χ1) is 14.8. The summed E-state index contributed by atoms with van der Waals surface area (Å²) in [6.07, 6.45) is 3.40. The zero-order valence-corrected chi connectivity index (χ0v) is 18.7. The van der Waals surface area contributed by atoms with Crippen molar-refractivity contribution in [1.29, 1.82) is 0 Å². The van der Waals surface area contributed by atoms with Crippen molar-refractivity contribution in [1.82, 2.24) is 10.2 Å². The minimum atomic E-state index is -0.914. The molecular formula is C25H29ClF2N2O. The van der Waals surface area contributed by atoms with E-state index in [9.17, 15) is 13.6 Å². The summed E-state index contributed by atoms with van der Waals surface area (Å²) in [5.74, 6) is -1.35. The highest BCUT2D eigenvalue weighted by Crippen LogP contribution is 2.30. The smallest absolute Gasteiger partial charge is 0.239 e. The van der Waals surface area contributed by atoms with Gasteiger partial charge in [0.15, 0.2) is 11.6 Å². The zero-order chi connectivity index (χ0) is 22.5. The minimum absolute atomic E-state index is 0.0224. The Morgan fingerprint density at radius 1 is 1.13 bits per heavy atom. The minimum Gasteiger partial charge on any atom is -0.341 e. The van der Waals surface area contributed by atoms with Gasteiger partial charge in [0.1, 0.15) is 0 Å². The van der Waals surface area contributed by atoms with Crippen molar-refractivity contribution in [2.45, 2.75) is 44.7 Å². The maximum absolute atomic E-state index is 13.7. The van der Waals surface area contributed by atoms with E-state index in [1.165, 1.54) is 11.6 Å². The first kappa shape index (κ1) is 23.4. The van der Waals surface area contributed by atoms with Gasteiger partial charge in [-0.3, -0.25) is 10.1 Å². The maximum Gasteiger partial charge on any atom is 0.239 e. The Bertz CT molecular complexity index is 908. The molecule has 2 aromatic rings. The quantitative estimate of drug-likeness (QED) is 0.540. The molecule has 2 atom stereocenters. The molecule has 31 heavy (non-hydrogen) atoms. The van der Waals surface area contributed by atoms with Crippen molar-refractivity contribution in [2.24, 2.45) is 5.92 Å². The van der Waals surface area contributed by atoms with Gasteiger partial charge in [-0.25, -0.2) is 8.78 Å². The van der Waals surface area contributed by atoms with Crippen molar-refractivity contribution in [3.8, 4) is 0 Å². The number of carbonyl (C=O) groups excluding carboxylic acids is 1. The monoisotopic (exact) mass is 446 g/mol. The molecule has 0 aliphatic carbocycles. The van der Waals surface area contributed by atoms with Gasteiger partial charge in [-0.15, -0.1) is 6.58 Å². The third kappa shape index (κ3) is 5.72. The Balaban J connectivity index is 1.66. The molecule has 6 heteroatoms. The summed E-state index contributed by atoms with van der Waals surface area (Å²) in [6.45, 7) is 9.12. The highest BCUT2D eigenvalue weighted by Gasteiger charge is 2.31. The molecule has 166 valence electrons. The number of nitrogens with one attached hydrogen (secondary N) is 1. The molecule has 0 radical (unpaired) electrons. The Morgan fingerprint density at radius 2 is 1.77 bits per heavy atom. The zero-order valence-electron chi connectivity index (χ0n) is 18.0. The number of carbonyl (C=O) groups is 1. The van der Waals surface area contributed by atoms with Crippen molar-refractivity contribution >= 4 is 17.5 Å². The van der Waals surface area contributed by atoms with Gasteiger partial charge in [-0.05, 0) is 60.1 Å². The van der Waals surface area contributed by atoms with Crippen LogP contribution in [0.4, 0.5) is 8.78 Å². The Kier molecular flexibility index (Phi) is 7.84. The van der Waals surface area contributed by atoms with Crippen LogP contribution in [-0.2, 0) is 4.79 Å². The van der Waals surface area contributed by atoms with Gasteiger partial charge in [0, 0.05) is 18.1 Å². The Labute approximate surface area is 188 Å². The number of piperidine rings is 1. The topological polar surface area (TPSA) is 32.3 Å². The van der Waals surface area contributed by atoms with Crippen LogP contribution in [0, 0.1) is 17.6 Å². The molecule has 1 amide bonds. The molecule has 0 bridgehead atoms. The third-order valence-electron chi connectivity index (χ3n) is 5.98. The summed E-state index contributed by atoms with van der Waals surface area (Å²) in [7, 11) is 0. The molecule has 3 nitrogen and oxygen atoms in total. The molecule has 1 saturated heterocycles. The fraction of sp³-hybridized carbons (Fsp3) is 0.400. The first-order valence-electron chi connectivity index (χ1n) is 10.7. The highest BCUT2D eigenvalue weighted by molar-refractivity contribution is 6.30. The molecule has 1 N–H and O–H groups in total. The molecule has 1 fully saturated rings. The van der Waals surface area contributed by atoms with E-state index in [-0.39, 0.29) is 11.8 Å². The van der Waals surface area contributed by atoms with Crippen molar-refractivity contribution in [3.05, 3.63) is 82.9 Å². The summed E-state index contributed by atoms with van der Waals surface area (Å²) < 4.78 is 27.0. The van der Waals surface area contributed by atoms with Crippen LogP contribution in [0.25, 0.3) is 0 Å². The van der Waals surface area contributed by atoms with Crippen LogP contribution in [0.3, 0.4) is 0 Å². The lowest BCUT2D eigenvalue weighted by molar-refractivity contribution is -0.135. The largest absolute Gasteiger partial charge is 0.341 e. The Morgan fingerprint density at radius 3 is 2.32 bits per heavy atom. The lowest BCUT2D eigenvalue weighted by atomic mass is 9.89. The van der Waals surface area contributed by atoms with E-state index in [4.69, 9.17) is 11.6 Å². The van der Waals surface area contributed by atoms with Crippen LogP contribution in [0.5, 0.6) is 0 Å². The molecular weight excluding hydrogens is 418 g/mol. The summed E-state index contributed by atoms with van der Waals surface area (Å²) >= 11 is 5.99. The van der Waals surface area contributed by atoms with Crippen LogP contribution in [-0.4, -0.2) is 29.9 Å². The van der Waals surface area contributed by atoms with Crippen LogP contribution < -0.4 is 5.32 Å². The standard InChI is InChI=1S/C25H29ClF2N2O/c1-4-23(19-7-10-21(27)22(28)15-19)29-24(16(2)3)25(31)30-13-11-18(12-14-30)17-5-8-20(26)9-6-17/h4-10,15-16,18,23-24,29H,1,11-14H2,2-3H3. The SMILES string of the molecule is C=CC(NC(C(=O)N1CCC(c2ccc(Cl)cc2)CC1)C(C)C)c1ccc(F)c(F)c1. The number of likely N-dealkylation sites (tertiary alicyclic amines) is 1. The average Bonchev–Trinajstić information content (AvgIpc) is 2.76. The molecule has 1 aliphatic rings.